The summed E-state index contributed by atoms with van der Waals surface area (Å²) in [7, 11) is 3.20. The van der Waals surface area contributed by atoms with Crippen molar-refractivity contribution in [2.75, 3.05) is 20.8 Å². The fraction of sp³-hybridized carbons (Fsp3) is 0.238. The largest absolute Gasteiger partial charge is 0.493 e. The zero-order valence-corrected chi connectivity index (χ0v) is 15.2. The van der Waals surface area contributed by atoms with Gasteiger partial charge in [-0.1, -0.05) is 25.1 Å². The molecule has 2 aromatic carbocycles. The summed E-state index contributed by atoms with van der Waals surface area (Å²) in [4.78, 5) is 17.4. The number of fused-ring (bicyclic) bond motifs is 1. The molecular formula is C21H22N2O3. The number of hydrogen-bond acceptors (Lipinski definition) is 4. The molecule has 26 heavy (non-hydrogen) atoms. The highest BCUT2D eigenvalue weighted by atomic mass is 16.5. The lowest BCUT2D eigenvalue weighted by molar-refractivity contribution is 0.0955. The summed E-state index contributed by atoms with van der Waals surface area (Å²) < 4.78 is 10.7. The van der Waals surface area contributed by atoms with Crippen LogP contribution in [0.15, 0.2) is 48.5 Å². The van der Waals surface area contributed by atoms with E-state index in [1.165, 1.54) is 0 Å². The predicted molar refractivity (Wildman–Crippen MR) is 103 cm³/mol. The van der Waals surface area contributed by atoms with Gasteiger partial charge < -0.3 is 14.8 Å². The standard InChI is InChI=1S/C21H22N2O3/c1-4-11-22-21(24)16-13-18(23-17-8-6-5-7-15(16)17)14-9-10-19(25-2)20(12-14)26-3/h5-10,12-13H,4,11H2,1-3H3,(H,22,24). The van der Waals surface area contributed by atoms with Crippen LogP contribution in [0.3, 0.4) is 0 Å². The number of aromatic nitrogens is 1. The maximum Gasteiger partial charge on any atom is 0.252 e. The van der Waals surface area contributed by atoms with Crippen molar-refractivity contribution < 1.29 is 14.3 Å². The zero-order chi connectivity index (χ0) is 18.5. The predicted octanol–water partition coefficient (Wildman–Crippen LogP) is 4.06. The van der Waals surface area contributed by atoms with Crippen LogP contribution in [-0.2, 0) is 0 Å². The molecule has 1 heterocycles. The number of methoxy groups -OCH3 is 2. The van der Waals surface area contributed by atoms with E-state index in [1.807, 2.05) is 55.5 Å². The summed E-state index contributed by atoms with van der Waals surface area (Å²) in [5.41, 5.74) is 2.97. The zero-order valence-electron chi connectivity index (χ0n) is 15.2. The second-order valence-corrected chi connectivity index (χ2v) is 5.90. The fourth-order valence-corrected chi connectivity index (χ4v) is 2.84. The molecule has 3 rings (SSSR count). The average Bonchev–Trinajstić information content (AvgIpc) is 2.70. The number of carbonyl (C=O) groups is 1. The lowest BCUT2D eigenvalue weighted by atomic mass is 10.0. The molecule has 0 fully saturated rings. The van der Waals surface area contributed by atoms with Crippen LogP contribution in [0.25, 0.3) is 22.2 Å². The molecule has 3 aromatic rings. The molecule has 0 spiro atoms. The third kappa shape index (κ3) is 3.47. The molecule has 0 unspecified atom stereocenters. The molecule has 5 heteroatoms. The molecule has 5 nitrogen and oxygen atoms in total. The molecule has 0 aliphatic carbocycles. The highest BCUT2D eigenvalue weighted by Crippen LogP contribution is 2.33. The topological polar surface area (TPSA) is 60.5 Å². The quantitative estimate of drug-likeness (QED) is 0.728. The minimum absolute atomic E-state index is 0.0906. The number of hydrogen-bond donors (Lipinski definition) is 1. The van der Waals surface area contributed by atoms with Crippen LogP contribution in [0, 0.1) is 0 Å². The van der Waals surface area contributed by atoms with E-state index in [9.17, 15) is 4.79 Å². The maximum atomic E-state index is 12.6. The van der Waals surface area contributed by atoms with Crippen LogP contribution in [0.4, 0.5) is 0 Å². The number of rotatable bonds is 6. The summed E-state index contributed by atoms with van der Waals surface area (Å²) in [5, 5.41) is 3.79. The Morgan fingerprint density at radius 3 is 2.54 bits per heavy atom. The maximum absolute atomic E-state index is 12.6. The van der Waals surface area contributed by atoms with E-state index in [0.29, 0.717) is 29.3 Å². The third-order valence-electron chi connectivity index (χ3n) is 4.18. The highest BCUT2D eigenvalue weighted by Gasteiger charge is 2.14. The smallest absolute Gasteiger partial charge is 0.252 e. The Hall–Kier alpha value is -3.08. The van der Waals surface area contributed by atoms with Crippen molar-refractivity contribution in [2.45, 2.75) is 13.3 Å². The Bertz CT molecular complexity index is 938. The third-order valence-corrected chi connectivity index (χ3v) is 4.18. The first-order valence-electron chi connectivity index (χ1n) is 8.58. The average molecular weight is 350 g/mol. The van der Waals surface area contributed by atoms with Crippen LogP contribution >= 0.6 is 0 Å². The molecule has 0 saturated heterocycles. The van der Waals surface area contributed by atoms with Crippen LogP contribution < -0.4 is 14.8 Å². The molecule has 0 atom stereocenters. The van der Waals surface area contributed by atoms with Gasteiger partial charge in [0.1, 0.15) is 0 Å². The number of carbonyl (C=O) groups excluding carboxylic acids is 1. The molecule has 0 bridgehead atoms. The Morgan fingerprint density at radius 2 is 1.81 bits per heavy atom. The molecule has 0 saturated carbocycles. The van der Waals surface area contributed by atoms with E-state index in [2.05, 4.69) is 5.32 Å². The second-order valence-electron chi connectivity index (χ2n) is 5.90. The first-order valence-corrected chi connectivity index (χ1v) is 8.58. The van der Waals surface area contributed by atoms with Gasteiger partial charge in [-0.15, -0.1) is 0 Å². The van der Waals surface area contributed by atoms with Gasteiger partial charge in [-0.2, -0.15) is 0 Å². The van der Waals surface area contributed by atoms with E-state index >= 15 is 0 Å². The van der Waals surface area contributed by atoms with Crippen molar-refractivity contribution in [1.29, 1.82) is 0 Å². The van der Waals surface area contributed by atoms with Crippen molar-refractivity contribution in [3.8, 4) is 22.8 Å². The first-order chi connectivity index (χ1) is 12.7. The van der Waals surface area contributed by atoms with Crippen molar-refractivity contribution in [1.82, 2.24) is 10.3 Å². The molecule has 1 N–H and O–H groups in total. The van der Waals surface area contributed by atoms with Gasteiger partial charge in [-0.05, 0) is 36.8 Å². The van der Waals surface area contributed by atoms with Crippen LogP contribution in [0.1, 0.15) is 23.7 Å². The van der Waals surface area contributed by atoms with Crippen LogP contribution in [-0.4, -0.2) is 31.7 Å². The van der Waals surface area contributed by atoms with E-state index < -0.39 is 0 Å². The number of ether oxygens (including phenoxy) is 2. The van der Waals surface area contributed by atoms with Gasteiger partial charge in [0, 0.05) is 17.5 Å². The summed E-state index contributed by atoms with van der Waals surface area (Å²) in [6, 6.07) is 15.1. The molecule has 0 radical (unpaired) electrons. The molecule has 1 aromatic heterocycles. The Balaban J connectivity index is 2.14. The number of para-hydroxylation sites is 1. The van der Waals surface area contributed by atoms with Gasteiger partial charge in [-0.3, -0.25) is 4.79 Å². The van der Waals surface area contributed by atoms with E-state index in [1.54, 1.807) is 14.2 Å². The van der Waals surface area contributed by atoms with Crippen molar-refractivity contribution in [3.05, 3.63) is 54.1 Å². The SMILES string of the molecule is CCCNC(=O)c1cc(-c2ccc(OC)c(OC)c2)nc2ccccc12. The highest BCUT2D eigenvalue weighted by molar-refractivity contribution is 6.07. The molecule has 134 valence electrons. The second kappa shape index (κ2) is 7.87. The van der Waals surface area contributed by atoms with Gasteiger partial charge in [0.25, 0.3) is 5.91 Å². The first kappa shape index (κ1) is 17.7. The number of nitrogens with zero attached hydrogens (tertiary/aromatic N) is 1. The van der Waals surface area contributed by atoms with Crippen molar-refractivity contribution >= 4 is 16.8 Å². The molecular weight excluding hydrogens is 328 g/mol. The summed E-state index contributed by atoms with van der Waals surface area (Å²) in [5.74, 6) is 1.18. The molecule has 1 amide bonds. The van der Waals surface area contributed by atoms with Crippen molar-refractivity contribution in [2.24, 2.45) is 0 Å². The number of pyridine rings is 1. The minimum atomic E-state index is -0.0906. The normalized spacial score (nSPS) is 10.6. The van der Waals surface area contributed by atoms with Crippen molar-refractivity contribution in [3.63, 3.8) is 0 Å². The van der Waals surface area contributed by atoms with E-state index in [4.69, 9.17) is 14.5 Å². The Kier molecular flexibility index (Phi) is 5.37. The Labute approximate surface area is 153 Å². The lowest BCUT2D eigenvalue weighted by Gasteiger charge is -2.12. The van der Waals surface area contributed by atoms with Gasteiger partial charge in [0.15, 0.2) is 11.5 Å². The van der Waals surface area contributed by atoms with E-state index in [-0.39, 0.29) is 5.91 Å². The summed E-state index contributed by atoms with van der Waals surface area (Å²) in [6.07, 6.45) is 0.886. The number of benzene rings is 2. The van der Waals surface area contributed by atoms with Crippen LogP contribution in [0.5, 0.6) is 11.5 Å². The molecule has 0 aliphatic heterocycles. The van der Waals surface area contributed by atoms with Gasteiger partial charge in [0.2, 0.25) is 0 Å². The summed E-state index contributed by atoms with van der Waals surface area (Å²) >= 11 is 0. The lowest BCUT2D eigenvalue weighted by Crippen LogP contribution is -2.24. The van der Waals surface area contributed by atoms with Crippen LogP contribution in [0.2, 0.25) is 0 Å². The number of amides is 1. The van der Waals surface area contributed by atoms with Gasteiger partial charge >= 0.3 is 0 Å². The van der Waals surface area contributed by atoms with Gasteiger partial charge in [0.05, 0.1) is 31.0 Å². The number of nitrogens with one attached hydrogen (secondary N) is 1. The monoisotopic (exact) mass is 350 g/mol. The van der Waals surface area contributed by atoms with Gasteiger partial charge in [-0.25, -0.2) is 4.98 Å². The summed E-state index contributed by atoms with van der Waals surface area (Å²) in [6.45, 7) is 2.67. The Morgan fingerprint density at radius 1 is 1.04 bits per heavy atom. The molecule has 0 aliphatic rings. The fourth-order valence-electron chi connectivity index (χ4n) is 2.84. The minimum Gasteiger partial charge on any atom is -0.493 e. The van der Waals surface area contributed by atoms with E-state index in [0.717, 1.165) is 22.9 Å².